The molecule has 3 aliphatic heterocycles. The monoisotopic (exact) mass is 383 g/mol. The summed E-state index contributed by atoms with van der Waals surface area (Å²) in [5.74, 6) is -0.756. The molecule has 4 rings (SSSR count). The molecule has 3 fully saturated rings. The highest BCUT2D eigenvalue weighted by Crippen LogP contribution is 2.42. The number of likely N-dealkylation sites (tertiary alicyclic amines) is 1. The van der Waals surface area contributed by atoms with Gasteiger partial charge in [-0.25, -0.2) is 0 Å². The molecule has 4 atom stereocenters. The van der Waals surface area contributed by atoms with Gasteiger partial charge in [-0.2, -0.15) is 0 Å². The maximum Gasteiger partial charge on any atom is 0.256 e. The predicted octanol–water partition coefficient (Wildman–Crippen LogP) is 0.911. The van der Waals surface area contributed by atoms with Crippen LogP contribution in [0.1, 0.15) is 38.5 Å². The van der Waals surface area contributed by atoms with Crippen LogP contribution in [0.15, 0.2) is 11.0 Å². The lowest BCUT2D eigenvalue weighted by atomic mass is 10.1. The minimum atomic E-state index is -0.756. The summed E-state index contributed by atoms with van der Waals surface area (Å²) in [7, 11) is 0. The Balaban J connectivity index is 1.66. The third kappa shape index (κ3) is 3.28. The smallest absolute Gasteiger partial charge is 0.256 e. The minimum absolute atomic E-state index is 0.171. The third-order valence-electron chi connectivity index (χ3n) is 5.21. The standard InChI is InChI=1S/C17H25N3O5S/c1-17(2)24-12-11(9-21)23-15(13(12)25-17)20-8-10(14(22)18-16(20)26)7-19-5-3-4-6-19/h8,11-13,15,21H,3-7,9H2,1-2H3,(H,18,22,26)/t11-,12?,13+,15-/m1/s1. The average molecular weight is 383 g/mol. The number of nitrogens with zero attached hydrogens (tertiary/aromatic N) is 2. The lowest BCUT2D eigenvalue weighted by Gasteiger charge is -2.25. The highest BCUT2D eigenvalue weighted by Gasteiger charge is 2.55. The molecule has 1 aromatic heterocycles. The van der Waals surface area contributed by atoms with Crippen LogP contribution in [0.3, 0.4) is 0 Å². The van der Waals surface area contributed by atoms with E-state index in [2.05, 4.69) is 9.88 Å². The molecule has 1 aromatic rings. The van der Waals surface area contributed by atoms with Crippen LogP contribution in [-0.4, -0.2) is 63.4 Å². The van der Waals surface area contributed by atoms with Gasteiger partial charge in [0.1, 0.15) is 18.3 Å². The van der Waals surface area contributed by atoms with E-state index in [0.29, 0.717) is 12.1 Å². The molecule has 144 valence electrons. The Morgan fingerprint density at radius 3 is 2.69 bits per heavy atom. The second kappa shape index (κ2) is 6.81. The van der Waals surface area contributed by atoms with Crippen molar-refractivity contribution in [2.75, 3.05) is 19.7 Å². The van der Waals surface area contributed by atoms with Gasteiger partial charge < -0.3 is 19.3 Å². The van der Waals surface area contributed by atoms with Crippen LogP contribution in [0.2, 0.25) is 0 Å². The molecule has 0 radical (unpaired) electrons. The molecule has 0 amide bonds. The van der Waals surface area contributed by atoms with Crippen molar-refractivity contribution < 1.29 is 19.3 Å². The Bertz CT molecular complexity index is 785. The molecular weight excluding hydrogens is 358 g/mol. The number of rotatable bonds is 4. The molecular formula is C17H25N3O5S. The Hall–Kier alpha value is -1.10. The van der Waals surface area contributed by atoms with Crippen LogP contribution >= 0.6 is 12.2 Å². The molecule has 0 saturated carbocycles. The Morgan fingerprint density at radius 2 is 2.00 bits per heavy atom. The van der Waals surface area contributed by atoms with E-state index in [-0.39, 0.29) is 23.0 Å². The number of aromatic amines is 1. The number of hydrogen-bond acceptors (Lipinski definition) is 7. The van der Waals surface area contributed by atoms with E-state index < -0.39 is 24.2 Å². The average Bonchev–Trinajstić information content (AvgIpc) is 3.25. The largest absolute Gasteiger partial charge is 0.394 e. The molecule has 3 aliphatic rings. The quantitative estimate of drug-likeness (QED) is 0.747. The first-order chi connectivity index (χ1) is 12.4. The van der Waals surface area contributed by atoms with Gasteiger partial charge in [0.15, 0.2) is 16.8 Å². The van der Waals surface area contributed by atoms with E-state index >= 15 is 0 Å². The highest BCUT2D eigenvalue weighted by atomic mass is 32.1. The van der Waals surface area contributed by atoms with Gasteiger partial charge in [0.05, 0.1) is 6.61 Å². The van der Waals surface area contributed by atoms with Crippen molar-refractivity contribution >= 4 is 12.2 Å². The number of ether oxygens (including phenoxy) is 3. The van der Waals surface area contributed by atoms with Crippen LogP contribution in [-0.2, 0) is 20.8 Å². The molecule has 3 saturated heterocycles. The first kappa shape index (κ1) is 18.3. The number of aliphatic hydroxyl groups excluding tert-OH is 1. The molecule has 8 nitrogen and oxygen atoms in total. The zero-order valence-corrected chi connectivity index (χ0v) is 15.8. The summed E-state index contributed by atoms with van der Waals surface area (Å²) in [6.07, 6.45) is 2.24. The third-order valence-corrected chi connectivity index (χ3v) is 5.53. The number of aromatic nitrogens is 2. The predicted molar refractivity (Wildman–Crippen MR) is 95.2 cm³/mol. The van der Waals surface area contributed by atoms with Crippen LogP contribution in [0.5, 0.6) is 0 Å². The highest BCUT2D eigenvalue weighted by molar-refractivity contribution is 7.71. The summed E-state index contributed by atoms with van der Waals surface area (Å²) in [5, 5.41) is 9.65. The van der Waals surface area contributed by atoms with Crippen LogP contribution in [0.25, 0.3) is 0 Å². The van der Waals surface area contributed by atoms with Crippen molar-refractivity contribution in [1.82, 2.24) is 14.5 Å². The van der Waals surface area contributed by atoms with E-state index in [1.165, 1.54) is 0 Å². The van der Waals surface area contributed by atoms with Crippen molar-refractivity contribution in [3.8, 4) is 0 Å². The number of aliphatic hydroxyl groups is 1. The second-order valence-corrected chi connectivity index (χ2v) is 8.00. The zero-order valence-electron chi connectivity index (χ0n) is 15.0. The van der Waals surface area contributed by atoms with Gasteiger partial charge in [-0.05, 0) is 52.0 Å². The zero-order chi connectivity index (χ0) is 18.5. The number of nitrogens with one attached hydrogen (secondary N) is 1. The van der Waals surface area contributed by atoms with Crippen LogP contribution < -0.4 is 5.56 Å². The van der Waals surface area contributed by atoms with Crippen molar-refractivity contribution in [3.63, 3.8) is 0 Å². The van der Waals surface area contributed by atoms with E-state index in [1.807, 2.05) is 13.8 Å². The summed E-state index contributed by atoms with van der Waals surface area (Å²) in [6, 6.07) is 0. The molecule has 1 unspecified atom stereocenters. The fraction of sp³-hybridized carbons (Fsp3) is 0.765. The molecule has 2 N–H and O–H groups in total. The summed E-state index contributed by atoms with van der Waals surface area (Å²) in [6.45, 7) is 6.07. The molecule has 9 heteroatoms. The summed E-state index contributed by atoms with van der Waals surface area (Å²) < 4.78 is 19.9. The van der Waals surface area contributed by atoms with Crippen molar-refractivity contribution in [1.29, 1.82) is 0 Å². The van der Waals surface area contributed by atoms with Crippen molar-refractivity contribution in [3.05, 3.63) is 26.9 Å². The molecule has 0 spiro atoms. The number of fused-ring (bicyclic) bond motifs is 1. The lowest BCUT2D eigenvalue weighted by Crippen LogP contribution is -2.32. The molecule has 0 bridgehead atoms. The fourth-order valence-electron chi connectivity index (χ4n) is 4.04. The summed E-state index contributed by atoms with van der Waals surface area (Å²) >= 11 is 5.37. The lowest BCUT2D eigenvalue weighted by molar-refractivity contribution is -0.200. The first-order valence-corrected chi connectivity index (χ1v) is 9.47. The Kier molecular flexibility index (Phi) is 4.79. The van der Waals surface area contributed by atoms with E-state index in [0.717, 1.165) is 25.9 Å². The Labute approximate surface area is 156 Å². The van der Waals surface area contributed by atoms with Gasteiger partial charge >= 0.3 is 0 Å². The normalized spacial score (nSPS) is 33.7. The molecule has 0 aliphatic carbocycles. The Morgan fingerprint density at radius 1 is 1.31 bits per heavy atom. The van der Waals surface area contributed by atoms with Gasteiger partial charge in [-0.15, -0.1) is 0 Å². The van der Waals surface area contributed by atoms with Crippen LogP contribution in [0, 0.1) is 4.77 Å². The maximum atomic E-state index is 12.3. The SMILES string of the molecule is CC1(C)OC2[C@@H](CO)O[C@@H](n3cc(CN4CCCC4)c(=O)[nH]c3=S)[C@H]2O1. The second-order valence-electron chi connectivity index (χ2n) is 7.62. The molecule has 26 heavy (non-hydrogen) atoms. The van der Waals surface area contributed by atoms with Crippen LogP contribution in [0.4, 0.5) is 0 Å². The van der Waals surface area contributed by atoms with E-state index in [1.54, 1.807) is 10.8 Å². The number of hydrogen-bond donors (Lipinski definition) is 2. The van der Waals surface area contributed by atoms with Gasteiger partial charge in [0.25, 0.3) is 5.56 Å². The van der Waals surface area contributed by atoms with Gasteiger partial charge in [0.2, 0.25) is 0 Å². The van der Waals surface area contributed by atoms with E-state index in [9.17, 15) is 9.90 Å². The fourth-order valence-corrected chi connectivity index (χ4v) is 4.29. The van der Waals surface area contributed by atoms with Crippen molar-refractivity contribution in [2.24, 2.45) is 0 Å². The van der Waals surface area contributed by atoms with Gasteiger partial charge in [-0.1, -0.05) is 0 Å². The summed E-state index contributed by atoms with van der Waals surface area (Å²) in [4.78, 5) is 17.4. The van der Waals surface area contributed by atoms with E-state index in [4.69, 9.17) is 26.4 Å². The van der Waals surface area contributed by atoms with Gasteiger partial charge in [0, 0.05) is 18.3 Å². The maximum absolute atomic E-state index is 12.3. The number of H-pyrrole nitrogens is 1. The molecule has 4 heterocycles. The topological polar surface area (TPSA) is 89.0 Å². The van der Waals surface area contributed by atoms with Gasteiger partial charge in [-0.3, -0.25) is 19.2 Å². The van der Waals surface area contributed by atoms with Crippen molar-refractivity contribution in [2.45, 2.75) is 63.6 Å². The summed E-state index contributed by atoms with van der Waals surface area (Å²) in [5.41, 5.74) is 0.474. The molecule has 0 aromatic carbocycles. The minimum Gasteiger partial charge on any atom is -0.394 e. The first-order valence-electron chi connectivity index (χ1n) is 9.06.